The molecule has 0 saturated carbocycles. The zero-order valence-electron chi connectivity index (χ0n) is 16.6. The second-order valence-electron chi connectivity index (χ2n) is 6.98. The molecule has 0 fully saturated rings. The van der Waals surface area contributed by atoms with E-state index in [1.165, 1.54) is 77.0 Å². The molecule has 0 atom stereocenters. The molecule has 0 aromatic rings. The molecule has 3 heteroatoms. The van der Waals surface area contributed by atoms with Crippen LogP contribution in [0.25, 0.3) is 0 Å². The third-order valence-electron chi connectivity index (χ3n) is 4.46. The van der Waals surface area contributed by atoms with Gasteiger partial charge in [-0.05, 0) is 32.1 Å². The zero-order chi connectivity index (χ0) is 18.6. The Morgan fingerprint density at radius 2 is 1.28 bits per heavy atom. The number of hydrogen-bond acceptors (Lipinski definition) is 3. The van der Waals surface area contributed by atoms with Crippen LogP contribution in [0, 0.1) is 0 Å². The Hall–Kier alpha value is -0.800. The fraction of sp³-hybridized carbons (Fsp3) is 0.818. The fourth-order valence-electron chi connectivity index (χ4n) is 2.82. The first kappa shape index (κ1) is 24.2. The average molecular weight is 355 g/mol. The minimum Gasteiger partial charge on any atom is -0.491 e. The molecule has 0 radical (unpaired) electrons. The lowest BCUT2D eigenvalue weighted by Crippen LogP contribution is -2.21. The molecule has 0 rings (SSSR count). The summed E-state index contributed by atoms with van der Waals surface area (Å²) in [7, 11) is 0. The van der Waals surface area contributed by atoms with Crippen LogP contribution < -0.4 is 0 Å². The summed E-state index contributed by atoms with van der Waals surface area (Å²) in [5.41, 5.74) is 0. The van der Waals surface area contributed by atoms with Crippen molar-refractivity contribution in [3.63, 3.8) is 0 Å². The molecule has 0 aliphatic carbocycles. The lowest BCUT2D eigenvalue weighted by molar-refractivity contribution is 0.0146. The summed E-state index contributed by atoms with van der Waals surface area (Å²) < 4.78 is 5.36. The average Bonchev–Trinajstić information content (AvgIpc) is 2.62. The third-order valence-corrected chi connectivity index (χ3v) is 4.46. The monoisotopic (exact) mass is 354 g/mol. The van der Waals surface area contributed by atoms with E-state index < -0.39 is 6.10 Å². The van der Waals surface area contributed by atoms with Gasteiger partial charge in [0, 0.05) is 6.42 Å². The first-order chi connectivity index (χ1) is 12.2. The second kappa shape index (κ2) is 19.5. The maximum Gasteiger partial charge on any atom is 0.144 e. The first-order valence-electron chi connectivity index (χ1n) is 10.5. The van der Waals surface area contributed by atoms with Crippen LogP contribution in [0.2, 0.25) is 0 Å². The smallest absolute Gasteiger partial charge is 0.144 e. The maximum absolute atomic E-state index is 8.95. The van der Waals surface area contributed by atoms with Gasteiger partial charge < -0.3 is 14.9 Å². The molecular weight excluding hydrogens is 312 g/mol. The Balaban J connectivity index is 3.28. The van der Waals surface area contributed by atoms with Crippen LogP contribution in [-0.2, 0) is 4.74 Å². The predicted molar refractivity (Wildman–Crippen MR) is 108 cm³/mol. The highest BCUT2D eigenvalue weighted by Gasteiger charge is 2.07. The topological polar surface area (TPSA) is 49.7 Å². The van der Waals surface area contributed by atoms with Gasteiger partial charge in [-0.25, -0.2) is 0 Å². The molecule has 0 unspecified atom stereocenters. The van der Waals surface area contributed by atoms with Gasteiger partial charge in [-0.3, -0.25) is 0 Å². The van der Waals surface area contributed by atoms with Crippen LogP contribution >= 0.6 is 0 Å². The summed E-state index contributed by atoms with van der Waals surface area (Å²) in [4.78, 5) is 0. The van der Waals surface area contributed by atoms with Gasteiger partial charge in [-0.15, -0.1) is 0 Å². The molecule has 0 aromatic carbocycles. The van der Waals surface area contributed by atoms with Crippen molar-refractivity contribution in [1.29, 1.82) is 0 Å². The highest BCUT2D eigenvalue weighted by atomic mass is 16.5. The Bertz CT molecular complexity index is 308. The van der Waals surface area contributed by atoms with Crippen molar-refractivity contribution in [2.45, 2.75) is 103 Å². The van der Waals surface area contributed by atoms with E-state index in [4.69, 9.17) is 14.9 Å². The lowest BCUT2D eigenvalue weighted by atomic mass is 10.1. The minimum atomic E-state index is -0.518. The summed E-state index contributed by atoms with van der Waals surface area (Å²) in [6, 6.07) is 0. The van der Waals surface area contributed by atoms with Gasteiger partial charge in [0.05, 0.1) is 19.0 Å². The lowest BCUT2D eigenvalue weighted by Gasteiger charge is -2.16. The summed E-state index contributed by atoms with van der Waals surface area (Å²) in [6.45, 7) is 5.77. The normalized spacial score (nSPS) is 11.5. The Morgan fingerprint density at radius 3 is 1.80 bits per heavy atom. The number of rotatable bonds is 19. The molecule has 2 N–H and O–H groups in total. The van der Waals surface area contributed by atoms with E-state index in [-0.39, 0.29) is 13.2 Å². The Morgan fingerprint density at radius 1 is 0.800 bits per heavy atom. The number of hydrogen-bond donors (Lipinski definition) is 2. The predicted octanol–water partition coefficient (Wildman–Crippen LogP) is 5.91. The second-order valence-corrected chi connectivity index (χ2v) is 6.98. The molecule has 148 valence electrons. The third kappa shape index (κ3) is 17.8. The largest absolute Gasteiger partial charge is 0.491 e. The number of aliphatic hydroxyl groups excluding tert-OH is 2. The van der Waals surface area contributed by atoms with Crippen LogP contribution in [0.1, 0.15) is 96.8 Å². The van der Waals surface area contributed by atoms with Crippen LogP contribution in [0.5, 0.6) is 0 Å². The first-order valence-corrected chi connectivity index (χ1v) is 10.5. The van der Waals surface area contributed by atoms with Crippen molar-refractivity contribution < 1.29 is 14.9 Å². The van der Waals surface area contributed by atoms with Gasteiger partial charge in [-0.1, -0.05) is 77.0 Å². The Kier molecular flexibility index (Phi) is 18.9. The van der Waals surface area contributed by atoms with Crippen molar-refractivity contribution in [2.24, 2.45) is 0 Å². The van der Waals surface area contributed by atoms with Crippen LogP contribution in [0.3, 0.4) is 0 Å². The van der Waals surface area contributed by atoms with E-state index in [0.717, 1.165) is 12.8 Å². The summed E-state index contributed by atoms with van der Waals surface area (Å²) in [6.07, 6.45) is 21.8. The van der Waals surface area contributed by atoms with Gasteiger partial charge in [0.1, 0.15) is 6.10 Å². The minimum absolute atomic E-state index is 0.165. The van der Waals surface area contributed by atoms with Crippen molar-refractivity contribution in [2.75, 3.05) is 13.2 Å². The molecule has 0 spiro atoms. The van der Waals surface area contributed by atoms with E-state index in [1.54, 1.807) is 0 Å². The fourth-order valence-corrected chi connectivity index (χ4v) is 2.82. The van der Waals surface area contributed by atoms with E-state index in [2.05, 4.69) is 25.7 Å². The standard InChI is InChI=1S/C22H42O3/c1-3-4-5-6-7-8-9-10-11-12-13-14-15-16-17-18-21(2)25-22(19-23)20-24/h10-11,22-24H,2-9,12-20H2,1H3/b11-10-. The van der Waals surface area contributed by atoms with Crippen LogP contribution in [0.4, 0.5) is 0 Å². The number of unbranched alkanes of at least 4 members (excludes halogenated alkanes) is 11. The number of allylic oxidation sites excluding steroid dienone is 3. The van der Waals surface area contributed by atoms with Crippen molar-refractivity contribution in [3.8, 4) is 0 Å². The van der Waals surface area contributed by atoms with E-state index in [9.17, 15) is 0 Å². The molecule has 3 nitrogen and oxygen atoms in total. The highest BCUT2D eigenvalue weighted by Crippen LogP contribution is 2.13. The molecule has 0 aliphatic rings. The quantitative estimate of drug-likeness (QED) is 0.172. The molecule has 0 amide bonds. The SMILES string of the molecule is C=C(CCCCCCC/C=C\CCCCCCCC)OC(CO)CO. The molecular formula is C22H42O3. The van der Waals surface area contributed by atoms with Gasteiger partial charge in [0.15, 0.2) is 0 Å². The van der Waals surface area contributed by atoms with Crippen LogP contribution in [-0.4, -0.2) is 29.5 Å². The molecule has 25 heavy (non-hydrogen) atoms. The van der Waals surface area contributed by atoms with E-state index in [0.29, 0.717) is 5.76 Å². The summed E-state index contributed by atoms with van der Waals surface area (Å²) in [5, 5.41) is 17.9. The van der Waals surface area contributed by atoms with Gasteiger partial charge in [0.2, 0.25) is 0 Å². The van der Waals surface area contributed by atoms with E-state index >= 15 is 0 Å². The van der Waals surface area contributed by atoms with Gasteiger partial charge >= 0.3 is 0 Å². The summed E-state index contributed by atoms with van der Waals surface area (Å²) in [5.74, 6) is 0.672. The summed E-state index contributed by atoms with van der Waals surface area (Å²) >= 11 is 0. The Labute approximate surface area is 156 Å². The highest BCUT2D eigenvalue weighted by molar-refractivity contribution is 4.84. The van der Waals surface area contributed by atoms with E-state index in [1.807, 2.05) is 0 Å². The van der Waals surface area contributed by atoms with Crippen molar-refractivity contribution in [1.82, 2.24) is 0 Å². The number of aliphatic hydroxyl groups is 2. The molecule has 0 aliphatic heterocycles. The van der Waals surface area contributed by atoms with Gasteiger partial charge in [-0.2, -0.15) is 0 Å². The zero-order valence-corrected chi connectivity index (χ0v) is 16.6. The van der Waals surface area contributed by atoms with Gasteiger partial charge in [0.25, 0.3) is 0 Å². The number of ether oxygens (including phenoxy) is 1. The van der Waals surface area contributed by atoms with Crippen molar-refractivity contribution >= 4 is 0 Å². The molecule has 0 heterocycles. The molecule has 0 saturated heterocycles. The van der Waals surface area contributed by atoms with Crippen LogP contribution in [0.15, 0.2) is 24.5 Å². The molecule has 0 bridgehead atoms. The van der Waals surface area contributed by atoms with Crippen molar-refractivity contribution in [3.05, 3.63) is 24.5 Å². The molecule has 0 aromatic heterocycles. The maximum atomic E-state index is 8.95.